The summed E-state index contributed by atoms with van der Waals surface area (Å²) in [6.45, 7) is 4.00. The van der Waals surface area contributed by atoms with Gasteiger partial charge in [-0.3, -0.25) is 0 Å². The third kappa shape index (κ3) is 3.87. The van der Waals surface area contributed by atoms with Crippen molar-refractivity contribution in [1.82, 2.24) is 0 Å². The minimum atomic E-state index is -0.428. The number of carbonyl (C=O) groups is 1. The normalized spacial score (nSPS) is 8.86. The maximum absolute atomic E-state index is 10.9. The molecule has 3 nitrogen and oxygen atoms in total. The van der Waals surface area contributed by atoms with Gasteiger partial charge in [0.25, 0.3) is 0 Å². The lowest BCUT2D eigenvalue weighted by atomic mass is 10.4. The van der Waals surface area contributed by atoms with Crippen molar-refractivity contribution in [3.05, 3.63) is 23.7 Å². The smallest absolute Gasteiger partial charge is 0.373 e. The summed E-state index contributed by atoms with van der Waals surface area (Å²) in [6, 6.07) is 3.40. The summed E-state index contributed by atoms with van der Waals surface area (Å²) in [5, 5.41) is 0. The lowest BCUT2D eigenvalue weighted by Crippen LogP contribution is -1.98. The molecule has 0 aliphatic carbocycles. The zero-order chi connectivity index (χ0) is 11.0. The van der Waals surface area contributed by atoms with Crippen molar-refractivity contribution in [2.24, 2.45) is 0 Å². The van der Waals surface area contributed by atoms with Gasteiger partial charge in [0, 0.05) is 0 Å². The van der Waals surface area contributed by atoms with Crippen LogP contribution in [0.1, 0.15) is 30.2 Å². The molecule has 0 spiro atoms. The number of esters is 1. The van der Waals surface area contributed by atoms with Crippen LogP contribution in [0.4, 0.5) is 0 Å². The van der Waals surface area contributed by atoms with Crippen LogP contribution in [0.15, 0.2) is 16.5 Å². The Morgan fingerprint density at radius 2 is 2.14 bits per heavy atom. The van der Waals surface area contributed by atoms with Gasteiger partial charge in [0.15, 0.2) is 0 Å². The molecule has 1 heterocycles. The van der Waals surface area contributed by atoms with Gasteiger partial charge in [-0.25, -0.2) is 4.79 Å². The van der Waals surface area contributed by atoms with Gasteiger partial charge in [0.2, 0.25) is 5.76 Å². The Morgan fingerprint density at radius 1 is 1.50 bits per heavy atom. The van der Waals surface area contributed by atoms with Crippen molar-refractivity contribution in [2.45, 2.75) is 19.6 Å². The fourth-order valence-electron chi connectivity index (χ4n) is 0.808. The van der Waals surface area contributed by atoms with Crippen LogP contribution in [0.3, 0.4) is 0 Å². The Kier molecular flexibility index (Phi) is 7.02. The molecule has 0 aliphatic rings. The van der Waals surface area contributed by atoms with Crippen molar-refractivity contribution in [1.29, 1.82) is 0 Å². The zero-order valence-corrected chi connectivity index (χ0v) is 9.81. The van der Waals surface area contributed by atoms with Gasteiger partial charge in [-0.2, -0.15) is 11.8 Å². The minimum absolute atomic E-state index is 0.265. The second-order valence-corrected chi connectivity index (χ2v) is 3.06. The van der Waals surface area contributed by atoms with Crippen molar-refractivity contribution < 1.29 is 13.9 Å². The summed E-state index contributed by atoms with van der Waals surface area (Å²) < 4.78 is 9.67. The molecule has 0 saturated carbocycles. The van der Waals surface area contributed by atoms with Gasteiger partial charge < -0.3 is 9.15 Å². The number of ether oxygens (including phenoxy) is 1. The largest absolute Gasteiger partial charge is 0.463 e. The first-order valence-corrected chi connectivity index (χ1v) is 5.83. The van der Waals surface area contributed by atoms with Crippen LogP contribution < -0.4 is 0 Å². The Hall–Kier alpha value is -0.900. The predicted molar refractivity (Wildman–Crippen MR) is 58.6 cm³/mol. The third-order valence-electron chi connectivity index (χ3n) is 1.33. The number of methoxy groups -OCH3 is 1. The van der Waals surface area contributed by atoms with Crippen molar-refractivity contribution in [3.63, 3.8) is 0 Å². The van der Waals surface area contributed by atoms with Gasteiger partial charge in [-0.1, -0.05) is 13.8 Å². The number of carbonyl (C=O) groups excluding carboxylic acids is 1. The Labute approximate surface area is 88.8 Å². The number of furan rings is 1. The lowest BCUT2D eigenvalue weighted by Gasteiger charge is -1.93. The highest BCUT2D eigenvalue weighted by Gasteiger charge is 2.09. The second kappa shape index (κ2) is 7.50. The highest BCUT2D eigenvalue weighted by molar-refractivity contribution is 7.97. The molecule has 14 heavy (non-hydrogen) atoms. The topological polar surface area (TPSA) is 39.4 Å². The van der Waals surface area contributed by atoms with Crippen molar-refractivity contribution >= 4 is 17.7 Å². The first-order valence-electron chi connectivity index (χ1n) is 4.44. The van der Waals surface area contributed by atoms with Gasteiger partial charge in [0.1, 0.15) is 5.76 Å². The van der Waals surface area contributed by atoms with E-state index in [9.17, 15) is 4.79 Å². The maximum atomic E-state index is 10.9. The van der Waals surface area contributed by atoms with E-state index in [-0.39, 0.29) is 5.76 Å². The Morgan fingerprint density at radius 3 is 2.64 bits per heavy atom. The van der Waals surface area contributed by atoms with E-state index >= 15 is 0 Å². The van der Waals surface area contributed by atoms with Gasteiger partial charge in [-0.15, -0.1) is 0 Å². The van der Waals surface area contributed by atoms with E-state index in [0.29, 0.717) is 0 Å². The first kappa shape index (κ1) is 13.1. The minimum Gasteiger partial charge on any atom is -0.463 e. The second-order valence-electron chi connectivity index (χ2n) is 2.19. The average Bonchev–Trinajstić information content (AvgIpc) is 2.69. The Bertz CT molecular complexity index is 268. The molecule has 0 atom stereocenters. The number of rotatable bonds is 3. The molecule has 0 unspecified atom stereocenters. The molecule has 4 heteroatoms. The fourth-order valence-corrected chi connectivity index (χ4v) is 1.25. The number of hydrogen-bond acceptors (Lipinski definition) is 4. The highest BCUT2D eigenvalue weighted by Crippen LogP contribution is 2.13. The van der Waals surface area contributed by atoms with E-state index in [1.807, 2.05) is 20.1 Å². The van der Waals surface area contributed by atoms with E-state index in [1.54, 1.807) is 23.9 Å². The van der Waals surface area contributed by atoms with E-state index in [4.69, 9.17) is 4.42 Å². The molecule has 0 amide bonds. The van der Waals surface area contributed by atoms with Gasteiger partial charge in [-0.05, 0) is 18.4 Å². The quantitative estimate of drug-likeness (QED) is 0.728. The first-order chi connectivity index (χ1) is 6.77. The lowest BCUT2D eigenvalue weighted by molar-refractivity contribution is 0.0563. The van der Waals surface area contributed by atoms with E-state index in [1.165, 1.54) is 7.11 Å². The molecule has 1 aromatic heterocycles. The van der Waals surface area contributed by atoms with E-state index in [2.05, 4.69) is 4.74 Å². The van der Waals surface area contributed by atoms with Crippen molar-refractivity contribution in [3.8, 4) is 0 Å². The van der Waals surface area contributed by atoms with Gasteiger partial charge in [0.05, 0.1) is 12.9 Å². The monoisotopic (exact) mass is 216 g/mol. The SMILES string of the molecule is CC.COC(=O)c1ccc(CSC)o1. The standard InChI is InChI=1S/C8H10O3S.C2H6/c1-10-8(9)7-4-3-6(11-7)5-12-2;1-2/h3-4H,5H2,1-2H3;1-2H3. The molecule has 1 aromatic rings. The van der Waals surface area contributed by atoms with Crippen LogP contribution in [0.2, 0.25) is 0 Å². The van der Waals surface area contributed by atoms with E-state index in [0.717, 1.165) is 11.5 Å². The third-order valence-corrected chi connectivity index (χ3v) is 1.91. The predicted octanol–water partition coefficient (Wildman–Crippen LogP) is 2.96. The van der Waals surface area contributed by atoms with Crippen LogP contribution in [-0.2, 0) is 10.5 Å². The summed E-state index contributed by atoms with van der Waals surface area (Å²) >= 11 is 1.64. The summed E-state index contributed by atoms with van der Waals surface area (Å²) in [6.07, 6.45) is 1.97. The molecule has 0 N–H and O–H groups in total. The summed E-state index contributed by atoms with van der Waals surface area (Å²) in [5.41, 5.74) is 0. The zero-order valence-electron chi connectivity index (χ0n) is 8.99. The van der Waals surface area contributed by atoms with Crippen LogP contribution >= 0.6 is 11.8 Å². The van der Waals surface area contributed by atoms with Crippen molar-refractivity contribution in [2.75, 3.05) is 13.4 Å². The molecular weight excluding hydrogens is 200 g/mol. The molecule has 0 bridgehead atoms. The molecule has 0 fully saturated rings. The number of hydrogen-bond donors (Lipinski definition) is 0. The number of thioether (sulfide) groups is 1. The summed E-state index contributed by atoms with van der Waals surface area (Å²) in [7, 11) is 1.33. The molecule has 1 rings (SSSR count). The molecule has 0 radical (unpaired) electrons. The Balaban J connectivity index is 0.000000791. The summed E-state index contributed by atoms with van der Waals surface area (Å²) in [5.74, 6) is 1.41. The summed E-state index contributed by atoms with van der Waals surface area (Å²) in [4.78, 5) is 10.9. The van der Waals surface area contributed by atoms with Crippen LogP contribution in [0.25, 0.3) is 0 Å². The molecule has 80 valence electrons. The van der Waals surface area contributed by atoms with Crippen LogP contribution in [-0.4, -0.2) is 19.3 Å². The maximum Gasteiger partial charge on any atom is 0.373 e. The molecule has 0 aliphatic heterocycles. The average molecular weight is 216 g/mol. The highest BCUT2D eigenvalue weighted by atomic mass is 32.2. The fraction of sp³-hybridized carbons (Fsp3) is 0.500. The molecular formula is C10H16O3S. The van der Waals surface area contributed by atoms with Crippen LogP contribution in [0.5, 0.6) is 0 Å². The molecule has 0 aromatic carbocycles. The van der Waals surface area contributed by atoms with E-state index < -0.39 is 5.97 Å². The molecule has 0 saturated heterocycles. The van der Waals surface area contributed by atoms with Gasteiger partial charge >= 0.3 is 5.97 Å². The van der Waals surface area contributed by atoms with Crippen LogP contribution in [0, 0.1) is 0 Å².